The van der Waals surface area contributed by atoms with E-state index in [1.54, 1.807) is 0 Å². The fourth-order valence-electron chi connectivity index (χ4n) is 3.81. The van der Waals surface area contributed by atoms with Gasteiger partial charge in [-0.25, -0.2) is 14.4 Å². The molecule has 0 atom stereocenters. The molecule has 3 aromatic carbocycles. The minimum Gasteiger partial charge on any atom is -0.266 e. The standard InChI is InChI=1S/C26H16F2N4O3/c27-18-11-9-17(10-12-18)14-21-26(33)31-15-22(19-7-4-8-23(24(19)28)32(34)35)29-20(25(31)30-21)13-16-5-2-1-3-6-16/h1-12,14-15H,13H2/b21-14-. The van der Waals surface area contributed by atoms with Gasteiger partial charge in [-0.15, -0.1) is 0 Å². The van der Waals surface area contributed by atoms with E-state index < -0.39 is 28.2 Å². The summed E-state index contributed by atoms with van der Waals surface area (Å²) < 4.78 is 28.2. The molecule has 0 radical (unpaired) electrons. The summed E-state index contributed by atoms with van der Waals surface area (Å²) in [6.07, 6.45) is 3.14. The SMILES string of the molecule is O=C1/C(=C/c2ccc(F)cc2)N=C2C(Cc3ccccc3)=NC(c3cccc([N+](=O)[O-])c3F)=CN12. The number of hydrogen-bond acceptors (Lipinski definition) is 5. The van der Waals surface area contributed by atoms with Crippen LogP contribution in [0.1, 0.15) is 16.7 Å². The third kappa shape index (κ3) is 4.26. The fourth-order valence-corrected chi connectivity index (χ4v) is 3.81. The van der Waals surface area contributed by atoms with Crippen LogP contribution < -0.4 is 0 Å². The Balaban J connectivity index is 1.61. The molecule has 172 valence electrons. The molecular weight excluding hydrogens is 454 g/mol. The van der Waals surface area contributed by atoms with Crippen molar-refractivity contribution in [2.45, 2.75) is 6.42 Å². The van der Waals surface area contributed by atoms with E-state index in [1.807, 2.05) is 30.3 Å². The summed E-state index contributed by atoms with van der Waals surface area (Å²) in [5.74, 6) is -1.65. The van der Waals surface area contributed by atoms with Gasteiger partial charge in [-0.2, -0.15) is 4.39 Å². The van der Waals surface area contributed by atoms with Crippen molar-refractivity contribution in [3.05, 3.63) is 123 Å². The van der Waals surface area contributed by atoms with Crippen molar-refractivity contribution in [2.75, 3.05) is 0 Å². The Labute approximate surface area is 198 Å². The van der Waals surface area contributed by atoms with Crippen LogP contribution in [0, 0.1) is 21.7 Å². The maximum Gasteiger partial charge on any atom is 0.305 e. The monoisotopic (exact) mass is 470 g/mol. The van der Waals surface area contributed by atoms with Crippen LogP contribution in [-0.2, 0) is 11.2 Å². The maximum atomic E-state index is 15.0. The van der Waals surface area contributed by atoms with Crippen LogP contribution in [0.4, 0.5) is 14.5 Å². The zero-order chi connectivity index (χ0) is 24.5. The lowest BCUT2D eigenvalue weighted by Gasteiger charge is -2.22. The first-order valence-corrected chi connectivity index (χ1v) is 10.6. The lowest BCUT2D eigenvalue weighted by molar-refractivity contribution is -0.387. The van der Waals surface area contributed by atoms with Gasteiger partial charge in [0.1, 0.15) is 11.5 Å². The summed E-state index contributed by atoms with van der Waals surface area (Å²) in [5.41, 5.74) is 1.24. The molecule has 0 fully saturated rings. The first kappa shape index (κ1) is 22.0. The molecular formula is C26H16F2N4O3. The number of nitrogens with zero attached hydrogens (tertiary/aromatic N) is 4. The van der Waals surface area contributed by atoms with E-state index >= 15 is 0 Å². The molecule has 5 rings (SSSR count). The predicted octanol–water partition coefficient (Wildman–Crippen LogP) is 5.15. The summed E-state index contributed by atoms with van der Waals surface area (Å²) in [4.78, 5) is 33.9. The van der Waals surface area contributed by atoms with Gasteiger partial charge in [-0.05, 0) is 35.4 Å². The number of carbonyl (C=O) groups excluding carboxylic acids is 1. The first-order chi connectivity index (χ1) is 16.9. The molecule has 1 amide bonds. The molecule has 0 bridgehead atoms. The summed E-state index contributed by atoms with van der Waals surface area (Å²) in [5, 5.41) is 11.2. The molecule has 0 saturated heterocycles. The topological polar surface area (TPSA) is 88.2 Å². The molecule has 2 heterocycles. The van der Waals surface area contributed by atoms with E-state index in [0.717, 1.165) is 11.6 Å². The molecule has 7 nitrogen and oxygen atoms in total. The molecule has 0 saturated carbocycles. The average Bonchev–Trinajstić information content (AvgIpc) is 3.16. The predicted molar refractivity (Wildman–Crippen MR) is 127 cm³/mol. The van der Waals surface area contributed by atoms with Crippen molar-refractivity contribution < 1.29 is 18.5 Å². The zero-order valence-electron chi connectivity index (χ0n) is 18.1. The number of benzene rings is 3. The number of halogens is 2. The Hall–Kier alpha value is -4.79. The van der Waals surface area contributed by atoms with E-state index in [1.165, 1.54) is 53.6 Å². The Morgan fingerprint density at radius 2 is 1.69 bits per heavy atom. The van der Waals surface area contributed by atoms with E-state index in [4.69, 9.17) is 0 Å². The quantitative estimate of drug-likeness (QED) is 0.294. The highest BCUT2D eigenvalue weighted by Gasteiger charge is 2.36. The molecule has 3 aromatic rings. The smallest absolute Gasteiger partial charge is 0.266 e. The van der Waals surface area contributed by atoms with Gasteiger partial charge < -0.3 is 0 Å². The molecule has 0 aromatic heterocycles. The van der Waals surface area contributed by atoms with Crippen LogP contribution in [0.3, 0.4) is 0 Å². The normalized spacial score (nSPS) is 16.1. The second-order valence-corrected chi connectivity index (χ2v) is 7.82. The Morgan fingerprint density at radius 1 is 0.943 bits per heavy atom. The third-order valence-electron chi connectivity index (χ3n) is 5.50. The summed E-state index contributed by atoms with van der Waals surface area (Å²) in [6.45, 7) is 0. The molecule has 2 aliphatic heterocycles. The summed E-state index contributed by atoms with van der Waals surface area (Å²) >= 11 is 0. The van der Waals surface area contributed by atoms with Crippen molar-refractivity contribution in [2.24, 2.45) is 9.98 Å². The molecule has 2 aliphatic rings. The number of amides is 1. The van der Waals surface area contributed by atoms with Gasteiger partial charge in [-0.3, -0.25) is 19.8 Å². The minimum atomic E-state index is -1.04. The Bertz CT molecular complexity index is 1480. The van der Waals surface area contributed by atoms with Crippen LogP contribution in [0.25, 0.3) is 11.8 Å². The molecule has 0 unspecified atom stereocenters. The van der Waals surface area contributed by atoms with E-state index in [0.29, 0.717) is 17.7 Å². The highest BCUT2D eigenvalue weighted by Crippen LogP contribution is 2.32. The van der Waals surface area contributed by atoms with Gasteiger partial charge in [-0.1, -0.05) is 48.5 Å². The molecule has 0 spiro atoms. The largest absolute Gasteiger partial charge is 0.305 e. The van der Waals surface area contributed by atoms with Gasteiger partial charge in [0.15, 0.2) is 5.84 Å². The number of amidine groups is 1. The summed E-state index contributed by atoms with van der Waals surface area (Å²) in [6, 6.07) is 18.7. The number of aliphatic imine (C=N–C) groups is 2. The van der Waals surface area contributed by atoms with Crippen molar-refractivity contribution in [3.8, 4) is 0 Å². The number of nitro benzene ring substituents is 1. The van der Waals surface area contributed by atoms with Crippen molar-refractivity contribution in [1.82, 2.24) is 4.90 Å². The lowest BCUT2D eigenvalue weighted by atomic mass is 10.0. The van der Waals surface area contributed by atoms with E-state index in [-0.39, 0.29) is 22.8 Å². The van der Waals surface area contributed by atoms with Crippen LogP contribution in [0.5, 0.6) is 0 Å². The molecule has 0 aliphatic carbocycles. The van der Waals surface area contributed by atoms with Crippen LogP contribution in [0.2, 0.25) is 0 Å². The van der Waals surface area contributed by atoms with Crippen molar-refractivity contribution in [3.63, 3.8) is 0 Å². The van der Waals surface area contributed by atoms with Gasteiger partial charge in [0.25, 0.3) is 5.91 Å². The van der Waals surface area contributed by atoms with Gasteiger partial charge in [0.2, 0.25) is 5.82 Å². The summed E-state index contributed by atoms with van der Waals surface area (Å²) in [7, 11) is 0. The van der Waals surface area contributed by atoms with Gasteiger partial charge in [0.05, 0.1) is 16.3 Å². The Kier molecular flexibility index (Phi) is 5.58. The van der Waals surface area contributed by atoms with Gasteiger partial charge >= 0.3 is 5.69 Å². The highest BCUT2D eigenvalue weighted by atomic mass is 19.1. The van der Waals surface area contributed by atoms with E-state index in [2.05, 4.69) is 9.98 Å². The number of hydrogen-bond donors (Lipinski definition) is 0. The second-order valence-electron chi connectivity index (χ2n) is 7.82. The average molecular weight is 470 g/mol. The number of fused-ring (bicyclic) bond motifs is 1. The van der Waals surface area contributed by atoms with Crippen molar-refractivity contribution in [1.29, 1.82) is 0 Å². The first-order valence-electron chi connectivity index (χ1n) is 10.6. The highest BCUT2D eigenvalue weighted by molar-refractivity contribution is 6.48. The number of nitro groups is 1. The molecule has 35 heavy (non-hydrogen) atoms. The van der Waals surface area contributed by atoms with Crippen LogP contribution in [-0.4, -0.2) is 27.3 Å². The van der Waals surface area contributed by atoms with Gasteiger partial charge in [0, 0.05) is 24.3 Å². The molecule has 0 N–H and O–H groups in total. The second kappa shape index (κ2) is 8.86. The van der Waals surface area contributed by atoms with E-state index in [9.17, 15) is 23.7 Å². The zero-order valence-corrected chi connectivity index (χ0v) is 18.1. The fraction of sp³-hybridized carbons (Fsp3) is 0.0385. The van der Waals surface area contributed by atoms with Crippen LogP contribution >= 0.6 is 0 Å². The van der Waals surface area contributed by atoms with Crippen LogP contribution in [0.15, 0.2) is 94.7 Å². The number of carbonyl (C=O) groups is 1. The minimum absolute atomic E-state index is 0.0625. The Morgan fingerprint density at radius 3 is 2.40 bits per heavy atom. The van der Waals surface area contributed by atoms with Crippen molar-refractivity contribution >= 4 is 34.9 Å². The maximum absolute atomic E-state index is 15.0. The number of rotatable bonds is 5. The third-order valence-corrected chi connectivity index (χ3v) is 5.50. The molecule has 9 heteroatoms. The lowest BCUT2D eigenvalue weighted by Crippen LogP contribution is -2.36.